The molecule has 0 aliphatic carbocycles. The second-order valence-electron chi connectivity index (χ2n) is 6.48. The predicted octanol–water partition coefficient (Wildman–Crippen LogP) is 1.94. The molecule has 2 aromatic rings. The molecule has 130 valence electrons. The molecule has 0 radical (unpaired) electrons. The minimum absolute atomic E-state index is 0.109. The minimum Gasteiger partial charge on any atom is -0.353 e. The van der Waals surface area contributed by atoms with Crippen molar-refractivity contribution in [2.45, 2.75) is 12.5 Å². The van der Waals surface area contributed by atoms with Crippen LogP contribution >= 0.6 is 0 Å². The number of carbonyl (C=O) groups excluding carboxylic acids is 2. The molecule has 0 saturated carbocycles. The average Bonchev–Trinajstić information content (AvgIpc) is 3.01. The van der Waals surface area contributed by atoms with Crippen molar-refractivity contribution in [2.24, 2.45) is 0 Å². The number of likely N-dealkylation sites (N-methyl/N-ethyl adjacent to an activating group) is 1. The normalized spacial score (nSPS) is 16.0. The van der Waals surface area contributed by atoms with E-state index in [4.69, 9.17) is 0 Å². The number of amides is 2. The zero-order chi connectivity index (χ0) is 17.8. The number of nitrogens with one attached hydrogen (secondary N) is 1. The third-order valence-electron chi connectivity index (χ3n) is 4.38. The van der Waals surface area contributed by atoms with Gasteiger partial charge in [-0.15, -0.1) is 0 Å². The topological polar surface area (TPSA) is 52.7 Å². The Morgan fingerprint density at radius 2 is 1.76 bits per heavy atom. The molecule has 0 saturated heterocycles. The first-order valence-corrected chi connectivity index (χ1v) is 8.47. The number of hydrogen-bond donors (Lipinski definition) is 1. The number of anilines is 1. The summed E-state index contributed by atoms with van der Waals surface area (Å²) < 4.78 is 0. The number of carbonyl (C=O) groups is 2. The van der Waals surface area contributed by atoms with Crippen molar-refractivity contribution in [1.82, 2.24) is 10.2 Å². The van der Waals surface area contributed by atoms with Crippen LogP contribution in [0.15, 0.2) is 54.6 Å². The van der Waals surface area contributed by atoms with Gasteiger partial charge in [0.25, 0.3) is 5.91 Å². The van der Waals surface area contributed by atoms with Gasteiger partial charge in [-0.2, -0.15) is 0 Å². The largest absolute Gasteiger partial charge is 0.353 e. The number of hydrogen-bond acceptors (Lipinski definition) is 3. The Morgan fingerprint density at radius 3 is 2.48 bits per heavy atom. The molecule has 1 N–H and O–H groups in total. The maximum absolute atomic E-state index is 13.0. The van der Waals surface area contributed by atoms with Gasteiger partial charge in [0.15, 0.2) is 0 Å². The SMILES string of the molecule is CN(C)CCNC(=O)[C@@H]1Cc2ccccc2N1C(=O)c1ccccc1. The van der Waals surface area contributed by atoms with Gasteiger partial charge in [0.1, 0.15) is 6.04 Å². The van der Waals surface area contributed by atoms with Crippen LogP contribution in [0.3, 0.4) is 0 Å². The fourth-order valence-electron chi connectivity index (χ4n) is 3.09. The van der Waals surface area contributed by atoms with Crippen LogP contribution in [0.1, 0.15) is 15.9 Å². The van der Waals surface area contributed by atoms with Gasteiger partial charge < -0.3 is 10.2 Å². The molecule has 1 aliphatic rings. The quantitative estimate of drug-likeness (QED) is 0.907. The van der Waals surface area contributed by atoms with Gasteiger partial charge in [0.05, 0.1) is 0 Å². The van der Waals surface area contributed by atoms with E-state index in [0.717, 1.165) is 17.8 Å². The first-order valence-electron chi connectivity index (χ1n) is 8.47. The summed E-state index contributed by atoms with van der Waals surface area (Å²) in [4.78, 5) is 29.4. The highest BCUT2D eigenvalue weighted by molar-refractivity contribution is 6.11. The number of para-hydroxylation sites is 1. The highest BCUT2D eigenvalue weighted by Gasteiger charge is 2.38. The third kappa shape index (κ3) is 3.72. The number of fused-ring (bicyclic) bond motifs is 1. The van der Waals surface area contributed by atoms with Crippen LogP contribution in [-0.4, -0.2) is 49.9 Å². The molecule has 2 amide bonds. The molecule has 1 atom stereocenters. The maximum atomic E-state index is 13.0. The highest BCUT2D eigenvalue weighted by Crippen LogP contribution is 2.33. The Balaban J connectivity index is 1.85. The van der Waals surface area contributed by atoms with E-state index in [1.165, 1.54) is 0 Å². The average molecular weight is 337 g/mol. The Labute approximate surface area is 148 Å². The summed E-state index contributed by atoms with van der Waals surface area (Å²) >= 11 is 0. The number of benzene rings is 2. The van der Waals surface area contributed by atoms with Crippen LogP contribution in [0.5, 0.6) is 0 Å². The van der Waals surface area contributed by atoms with Crippen LogP contribution in [0.2, 0.25) is 0 Å². The van der Waals surface area contributed by atoms with E-state index >= 15 is 0 Å². The van der Waals surface area contributed by atoms with E-state index in [1.54, 1.807) is 17.0 Å². The molecule has 5 nitrogen and oxygen atoms in total. The predicted molar refractivity (Wildman–Crippen MR) is 98.7 cm³/mol. The molecule has 0 bridgehead atoms. The molecule has 1 aliphatic heterocycles. The van der Waals surface area contributed by atoms with Gasteiger partial charge in [-0.1, -0.05) is 36.4 Å². The van der Waals surface area contributed by atoms with Gasteiger partial charge in [-0.05, 0) is 37.9 Å². The van der Waals surface area contributed by atoms with Crippen molar-refractivity contribution < 1.29 is 9.59 Å². The van der Waals surface area contributed by atoms with Crippen LogP contribution in [-0.2, 0) is 11.2 Å². The lowest BCUT2D eigenvalue weighted by Crippen LogP contribution is -2.49. The van der Waals surface area contributed by atoms with Crippen LogP contribution < -0.4 is 10.2 Å². The number of nitrogens with zero attached hydrogens (tertiary/aromatic N) is 2. The second-order valence-corrected chi connectivity index (χ2v) is 6.48. The first kappa shape index (κ1) is 17.2. The van der Waals surface area contributed by atoms with E-state index < -0.39 is 6.04 Å². The Bertz CT molecular complexity index is 759. The lowest BCUT2D eigenvalue weighted by molar-refractivity contribution is -0.122. The molecule has 0 aromatic heterocycles. The van der Waals surface area contributed by atoms with Crippen molar-refractivity contribution in [2.75, 3.05) is 32.1 Å². The Kier molecular flexibility index (Phi) is 5.14. The molecular weight excluding hydrogens is 314 g/mol. The van der Waals surface area contributed by atoms with Crippen LogP contribution in [0, 0.1) is 0 Å². The summed E-state index contributed by atoms with van der Waals surface area (Å²) in [5.41, 5.74) is 2.44. The van der Waals surface area contributed by atoms with E-state index in [2.05, 4.69) is 5.32 Å². The van der Waals surface area contributed by atoms with Crippen LogP contribution in [0.25, 0.3) is 0 Å². The molecule has 25 heavy (non-hydrogen) atoms. The molecule has 0 unspecified atom stereocenters. The summed E-state index contributed by atoms with van der Waals surface area (Å²) in [5.74, 6) is -0.249. The van der Waals surface area contributed by atoms with Crippen molar-refractivity contribution in [3.8, 4) is 0 Å². The van der Waals surface area contributed by atoms with Gasteiger partial charge in [-0.3, -0.25) is 14.5 Å². The van der Waals surface area contributed by atoms with Crippen molar-refractivity contribution >= 4 is 17.5 Å². The molecule has 2 aromatic carbocycles. The van der Waals surface area contributed by atoms with E-state index in [-0.39, 0.29) is 11.8 Å². The van der Waals surface area contributed by atoms with E-state index in [9.17, 15) is 9.59 Å². The van der Waals surface area contributed by atoms with E-state index in [0.29, 0.717) is 18.5 Å². The van der Waals surface area contributed by atoms with Crippen molar-refractivity contribution in [1.29, 1.82) is 0 Å². The first-order chi connectivity index (χ1) is 12.1. The zero-order valence-corrected chi connectivity index (χ0v) is 14.6. The lowest BCUT2D eigenvalue weighted by Gasteiger charge is -2.25. The molecule has 0 fully saturated rings. The molecule has 1 heterocycles. The zero-order valence-electron chi connectivity index (χ0n) is 14.6. The molecular formula is C20H23N3O2. The molecule has 5 heteroatoms. The monoisotopic (exact) mass is 337 g/mol. The summed E-state index contributed by atoms with van der Waals surface area (Å²) in [6, 6.07) is 16.3. The highest BCUT2D eigenvalue weighted by atomic mass is 16.2. The number of rotatable bonds is 5. The van der Waals surface area contributed by atoms with Gasteiger partial charge in [0, 0.05) is 30.8 Å². The van der Waals surface area contributed by atoms with Crippen molar-refractivity contribution in [3.05, 3.63) is 65.7 Å². The smallest absolute Gasteiger partial charge is 0.259 e. The second kappa shape index (κ2) is 7.49. The van der Waals surface area contributed by atoms with Gasteiger partial charge >= 0.3 is 0 Å². The van der Waals surface area contributed by atoms with E-state index in [1.807, 2.05) is 61.5 Å². The van der Waals surface area contributed by atoms with Crippen LogP contribution in [0.4, 0.5) is 5.69 Å². The Hall–Kier alpha value is -2.66. The summed E-state index contributed by atoms with van der Waals surface area (Å²) in [7, 11) is 3.92. The fourth-order valence-corrected chi connectivity index (χ4v) is 3.09. The summed E-state index contributed by atoms with van der Waals surface area (Å²) in [5, 5.41) is 2.95. The fraction of sp³-hybridized carbons (Fsp3) is 0.300. The summed E-state index contributed by atoms with van der Waals surface area (Å²) in [6.07, 6.45) is 0.544. The molecule has 3 rings (SSSR count). The van der Waals surface area contributed by atoms with Gasteiger partial charge in [-0.25, -0.2) is 0 Å². The standard InChI is InChI=1S/C20H23N3O2/c1-22(2)13-12-21-19(24)18-14-16-10-6-7-11-17(16)23(18)20(25)15-8-4-3-5-9-15/h3-11,18H,12-14H2,1-2H3,(H,21,24)/t18-/m0/s1. The van der Waals surface area contributed by atoms with Crippen molar-refractivity contribution in [3.63, 3.8) is 0 Å². The molecule has 0 spiro atoms. The summed E-state index contributed by atoms with van der Waals surface area (Å²) in [6.45, 7) is 1.32. The third-order valence-corrected chi connectivity index (χ3v) is 4.38. The Morgan fingerprint density at radius 1 is 1.08 bits per heavy atom. The lowest BCUT2D eigenvalue weighted by atomic mass is 10.1. The minimum atomic E-state index is -0.507. The maximum Gasteiger partial charge on any atom is 0.259 e. The van der Waals surface area contributed by atoms with Gasteiger partial charge in [0.2, 0.25) is 5.91 Å².